The Hall–Kier alpha value is -1.87. The van der Waals surface area contributed by atoms with Gasteiger partial charge in [-0.05, 0) is 157 Å². The average Bonchev–Trinajstić information content (AvgIpc) is 3.30. The Morgan fingerprint density at radius 3 is 2.41 bits per heavy atom. The molecular weight excluding hydrogens is 504 g/mol. The summed E-state index contributed by atoms with van der Waals surface area (Å²) in [6.45, 7) is 22.8. The number of hydrogen-bond acceptors (Lipinski definition) is 3. The lowest BCUT2D eigenvalue weighted by molar-refractivity contribution is -0.228. The summed E-state index contributed by atoms with van der Waals surface area (Å²) in [4.78, 5) is 10.9. The number of aryl methyl sites for hydroxylation is 1. The summed E-state index contributed by atoms with van der Waals surface area (Å²) in [6, 6.07) is 6.11. The zero-order chi connectivity index (χ0) is 29.6. The van der Waals surface area contributed by atoms with Crippen molar-refractivity contribution in [1.29, 1.82) is 0 Å². The minimum atomic E-state index is 0.0684. The summed E-state index contributed by atoms with van der Waals surface area (Å²) in [6.07, 6.45) is 13.8. The molecule has 1 aromatic rings. The molecule has 3 heteroatoms. The second-order valence-electron chi connectivity index (χ2n) is 16.4. The van der Waals surface area contributed by atoms with Gasteiger partial charge in [0.05, 0.1) is 0 Å². The predicted octanol–water partition coefficient (Wildman–Crippen LogP) is 9.17. The standard InChI is InChI=1S/C38H54O3/c1-24(2)27-13-18-38(22-39)20-19-36(7)30(33(27)38)11-12-32-35(6)16-14-29(28-10-9-26(41-23-40)21-25(28)3)34(4,5)31(35)15-17-37(32,36)8/h9-10,14,21,23,27,30-33,39H,1,11-13,15-20,22H2,2-8H3/t27-,30+,31-,32+,33+,35-,36+,37+,38+/m0/s1. The van der Waals surface area contributed by atoms with Crippen molar-refractivity contribution in [3.05, 3.63) is 47.6 Å². The topological polar surface area (TPSA) is 46.5 Å². The molecule has 0 radical (unpaired) electrons. The fourth-order valence-corrected chi connectivity index (χ4v) is 12.7. The quantitative estimate of drug-likeness (QED) is 0.289. The normalized spacial score (nSPS) is 44.5. The van der Waals surface area contributed by atoms with Crippen molar-refractivity contribution < 1.29 is 14.6 Å². The number of rotatable bonds is 5. The Morgan fingerprint density at radius 2 is 1.76 bits per heavy atom. The molecule has 3 nitrogen and oxygen atoms in total. The van der Waals surface area contributed by atoms with E-state index < -0.39 is 0 Å². The van der Waals surface area contributed by atoms with Crippen molar-refractivity contribution in [2.24, 2.45) is 56.7 Å². The summed E-state index contributed by atoms with van der Waals surface area (Å²) < 4.78 is 5.15. The van der Waals surface area contributed by atoms with Crippen LogP contribution < -0.4 is 4.74 Å². The number of carbonyl (C=O) groups excluding carboxylic acids is 1. The van der Waals surface area contributed by atoms with Crippen LogP contribution in [0.5, 0.6) is 5.75 Å². The number of hydrogen-bond donors (Lipinski definition) is 1. The lowest BCUT2D eigenvalue weighted by Crippen LogP contribution is -2.65. The van der Waals surface area contributed by atoms with E-state index in [2.05, 4.69) is 67.2 Å². The van der Waals surface area contributed by atoms with Crippen LogP contribution in [0.1, 0.15) is 110 Å². The van der Waals surface area contributed by atoms with Crippen molar-refractivity contribution in [3.8, 4) is 5.75 Å². The molecule has 0 spiro atoms. The average molecular weight is 559 g/mol. The first kappa shape index (κ1) is 29.2. The molecule has 5 aliphatic carbocycles. The molecule has 9 atom stereocenters. The van der Waals surface area contributed by atoms with Gasteiger partial charge in [0, 0.05) is 6.61 Å². The summed E-state index contributed by atoms with van der Waals surface area (Å²) >= 11 is 0. The van der Waals surface area contributed by atoms with Gasteiger partial charge < -0.3 is 9.84 Å². The Labute approximate surface area is 249 Å². The highest BCUT2D eigenvalue weighted by Crippen LogP contribution is 2.77. The van der Waals surface area contributed by atoms with Gasteiger partial charge >= 0.3 is 0 Å². The third-order valence-electron chi connectivity index (χ3n) is 14.8. The van der Waals surface area contributed by atoms with Gasteiger partial charge in [-0.1, -0.05) is 58.9 Å². The van der Waals surface area contributed by atoms with Crippen LogP contribution >= 0.6 is 0 Å². The van der Waals surface area contributed by atoms with E-state index >= 15 is 0 Å². The maximum absolute atomic E-state index is 10.9. The summed E-state index contributed by atoms with van der Waals surface area (Å²) in [5, 5.41) is 10.8. The Balaban J connectivity index is 1.37. The monoisotopic (exact) mass is 558 g/mol. The fraction of sp³-hybridized carbons (Fsp3) is 0.711. The van der Waals surface area contributed by atoms with Gasteiger partial charge in [-0.2, -0.15) is 0 Å². The van der Waals surface area contributed by atoms with E-state index in [9.17, 15) is 9.90 Å². The van der Waals surface area contributed by atoms with Crippen molar-refractivity contribution >= 4 is 12.0 Å². The van der Waals surface area contributed by atoms with E-state index in [4.69, 9.17) is 4.74 Å². The van der Waals surface area contributed by atoms with Gasteiger partial charge in [0.15, 0.2) is 0 Å². The smallest absolute Gasteiger partial charge is 0.298 e. The van der Waals surface area contributed by atoms with Crippen LogP contribution in [0.15, 0.2) is 36.4 Å². The van der Waals surface area contributed by atoms with E-state index in [0.29, 0.717) is 59.2 Å². The van der Waals surface area contributed by atoms with E-state index in [-0.39, 0.29) is 16.2 Å². The van der Waals surface area contributed by atoms with Crippen LogP contribution in [-0.2, 0) is 4.79 Å². The SMILES string of the molecule is C=C(C)[C@@H]1CC[C@]2(CO)CC[C@]3(C)[C@H](CC[C@@H]4[C@@]5(C)CC=C(c6ccc(OC=O)cc6C)C(C)(C)[C@@H]5CC[C@]43C)[C@@H]12. The Bertz CT molecular complexity index is 1270. The molecule has 1 N–H and O–H groups in total. The number of aliphatic hydroxyl groups is 1. The van der Waals surface area contributed by atoms with Gasteiger partial charge in [-0.25, -0.2) is 0 Å². The molecule has 0 amide bonds. The first-order valence-corrected chi connectivity index (χ1v) is 16.5. The second-order valence-corrected chi connectivity index (χ2v) is 16.4. The van der Waals surface area contributed by atoms with Crippen LogP contribution in [0.3, 0.4) is 0 Å². The Kier molecular flexibility index (Phi) is 6.82. The summed E-state index contributed by atoms with van der Waals surface area (Å²) in [7, 11) is 0. The van der Waals surface area contributed by atoms with Gasteiger partial charge in [-0.15, -0.1) is 0 Å². The van der Waals surface area contributed by atoms with Gasteiger partial charge in [-0.3, -0.25) is 4.79 Å². The molecule has 41 heavy (non-hydrogen) atoms. The molecule has 0 unspecified atom stereocenters. The molecule has 0 saturated heterocycles. The zero-order valence-corrected chi connectivity index (χ0v) is 26.8. The molecule has 5 aliphatic rings. The number of aliphatic hydroxyl groups excluding tert-OH is 1. The highest BCUT2D eigenvalue weighted by atomic mass is 16.5. The molecule has 224 valence electrons. The van der Waals surface area contributed by atoms with E-state index in [1.54, 1.807) is 0 Å². The number of benzene rings is 1. The molecule has 0 aliphatic heterocycles. The van der Waals surface area contributed by atoms with Crippen molar-refractivity contribution in [1.82, 2.24) is 0 Å². The molecule has 1 aromatic carbocycles. The third kappa shape index (κ3) is 3.82. The summed E-state index contributed by atoms with van der Waals surface area (Å²) in [5.74, 6) is 3.81. The highest BCUT2D eigenvalue weighted by molar-refractivity contribution is 5.74. The number of allylic oxidation sites excluding steroid dienone is 3. The highest BCUT2D eigenvalue weighted by Gasteiger charge is 2.70. The van der Waals surface area contributed by atoms with Gasteiger partial charge in [0.2, 0.25) is 0 Å². The number of ether oxygens (including phenoxy) is 1. The van der Waals surface area contributed by atoms with Crippen LogP contribution in [-0.4, -0.2) is 18.2 Å². The van der Waals surface area contributed by atoms with Crippen LogP contribution in [0, 0.1) is 63.6 Å². The molecular formula is C38H54O3. The van der Waals surface area contributed by atoms with E-state index in [1.807, 2.05) is 12.1 Å². The van der Waals surface area contributed by atoms with Crippen molar-refractivity contribution in [2.75, 3.05) is 6.61 Å². The van der Waals surface area contributed by atoms with E-state index in [0.717, 1.165) is 6.42 Å². The molecule has 0 aromatic heterocycles. The lowest BCUT2D eigenvalue weighted by Gasteiger charge is -2.72. The zero-order valence-electron chi connectivity index (χ0n) is 26.8. The van der Waals surface area contributed by atoms with Crippen LogP contribution in [0.2, 0.25) is 0 Å². The van der Waals surface area contributed by atoms with E-state index in [1.165, 1.54) is 73.6 Å². The first-order chi connectivity index (χ1) is 19.3. The fourth-order valence-electron chi connectivity index (χ4n) is 12.7. The minimum Gasteiger partial charge on any atom is -0.429 e. The Morgan fingerprint density at radius 1 is 1.00 bits per heavy atom. The second kappa shape index (κ2) is 9.57. The number of fused-ring (bicyclic) bond motifs is 7. The maximum atomic E-state index is 10.9. The summed E-state index contributed by atoms with van der Waals surface area (Å²) in [5.41, 5.74) is 6.40. The number of carbonyl (C=O) groups is 1. The predicted molar refractivity (Wildman–Crippen MR) is 167 cm³/mol. The third-order valence-corrected chi connectivity index (χ3v) is 14.8. The molecule has 4 fully saturated rings. The largest absolute Gasteiger partial charge is 0.429 e. The molecule has 0 heterocycles. The van der Waals surface area contributed by atoms with Crippen LogP contribution in [0.4, 0.5) is 0 Å². The lowest BCUT2D eigenvalue weighted by atomic mass is 9.32. The minimum absolute atomic E-state index is 0.0684. The van der Waals surface area contributed by atoms with Gasteiger partial charge in [0.25, 0.3) is 6.47 Å². The molecule has 4 saturated carbocycles. The molecule has 6 rings (SSSR count). The maximum Gasteiger partial charge on any atom is 0.298 e. The molecule has 0 bridgehead atoms. The van der Waals surface area contributed by atoms with Gasteiger partial charge in [0.1, 0.15) is 5.75 Å². The van der Waals surface area contributed by atoms with Crippen molar-refractivity contribution in [2.45, 2.75) is 106 Å². The van der Waals surface area contributed by atoms with Crippen LogP contribution in [0.25, 0.3) is 5.57 Å². The first-order valence-electron chi connectivity index (χ1n) is 16.5. The van der Waals surface area contributed by atoms with Crippen molar-refractivity contribution in [3.63, 3.8) is 0 Å².